The summed E-state index contributed by atoms with van der Waals surface area (Å²) in [6.45, 7) is 0. The van der Waals surface area contributed by atoms with E-state index in [4.69, 9.17) is 5.11 Å². The zero-order valence-corrected chi connectivity index (χ0v) is 8.76. The normalized spacial score (nSPS) is 9.43. The molecule has 0 saturated carbocycles. The highest BCUT2D eigenvalue weighted by molar-refractivity contribution is 8.93. The van der Waals surface area contributed by atoms with Crippen molar-refractivity contribution in [3.8, 4) is 0 Å². The number of nitrogens with zero attached hydrogens (tertiary/aromatic N) is 2. The molecule has 2 heterocycles. The van der Waals surface area contributed by atoms with Gasteiger partial charge in [-0.1, -0.05) is 0 Å². The minimum atomic E-state index is -1.03. The third-order valence-electron chi connectivity index (χ3n) is 1.68. The van der Waals surface area contributed by atoms with E-state index < -0.39 is 5.97 Å². The largest absolute Gasteiger partial charge is 0.477 e. The average molecular weight is 255 g/mol. The molecule has 0 aliphatic carbocycles. The highest BCUT2D eigenvalue weighted by Crippen LogP contribution is 2.08. The van der Waals surface area contributed by atoms with E-state index in [1.165, 1.54) is 6.07 Å². The van der Waals surface area contributed by atoms with E-state index in [2.05, 4.69) is 9.97 Å². The molecule has 0 radical (unpaired) electrons. The van der Waals surface area contributed by atoms with Crippen molar-refractivity contribution in [2.24, 2.45) is 0 Å². The quantitative estimate of drug-likeness (QED) is 0.845. The maximum absolute atomic E-state index is 10.6. The molecule has 72 valence electrons. The molecule has 2 aromatic rings. The number of hydrogen-bond acceptors (Lipinski definition) is 3. The van der Waals surface area contributed by atoms with Crippen molar-refractivity contribution in [1.82, 2.24) is 9.97 Å². The first-order chi connectivity index (χ1) is 6.27. The first-order valence-corrected chi connectivity index (χ1v) is 3.72. The predicted molar refractivity (Wildman–Crippen MR) is 56.8 cm³/mol. The van der Waals surface area contributed by atoms with Crippen LogP contribution in [0.5, 0.6) is 0 Å². The Balaban J connectivity index is 0.000000980. The van der Waals surface area contributed by atoms with Crippen molar-refractivity contribution < 1.29 is 9.90 Å². The Hall–Kier alpha value is -1.49. The Morgan fingerprint density at radius 3 is 2.79 bits per heavy atom. The number of carboxylic acid groups (broad SMARTS) is 1. The fraction of sp³-hybridized carbons (Fsp3) is 0. The minimum Gasteiger partial charge on any atom is -0.477 e. The van der Waals surface area contributed by atoms with E-state index in [9.17, 15) is 4.79 Å². The lowest BCUT2D eigenvalue weighted by Gasteiger charge is -1.96. The van der Waals surface area contributed by atoms with Gasteiger partial charge in [0.2, 0.25) is 0 Å². The van der Waals surface area contributed by atoms with Crippen molar-refractivity contribution >= 4 is 34.0 Å². The first kappa shape index (κ1) is 10.6. The van der Waals surface area contributed by atoms with Gasteiger partial charge < -0.3 is 5.11 Å². The lowest BCUT2D eigenvalue weighted by Crippen LogP contribution is -2.00. The highest BCUT2D eigenvalue weighted by Gasteiger charge is 2.04. The van der Waals surface area contributed by atoms with Gasteiger partial charge in [0.15, 0.2) is 11.3 Å². The molecule has 2 rings (SSSR count). The number of rotatable bonds is 1. The molecular weight excluding hydrogens is 248 g/mol. The third-order valence-corrected chi connectivity index (χ3v) is 1.68. The Bertz CT molecular complexity index is 473. The van der Waals surface area contributed by atoms with Crippen LogP contribution in [0, 0.1) is 0 Å². The molecule has 4 nitrogen and oxygen atoms in total. The number of carbonyl (C=O) groups is 1. The zero-order chi connectivity index (χ0) is 9.26. The van der Waals surface area contributed by atoms with Gasteiger partial charge in [-0.15, -0.1) is 17.0 Å². The fourth-order valence-corrected chi connectivity index (χ4v) is 1.07. The van der Waals surface area contributed by atoms with Crippen molar-refractivity contribution in [3.05, 3.63) is 36.2 Å². The molecule has 0 atom stereocenters. The average Bonchev–Trinajstić information content (AvgIpc) is 2.17. The summed E-state index contributed by atoms with van der Waals surface area (Å²) in [6, 6.07) is 6.77. The van der Waals surface area contributed by atoms with Crippen molar-refractivity contribution in [2.75, 3.05) is 0 Å². The van der Waals surface area contributed by atoms with Crippen LogP contribution in [0.15, 0.2) is 30.5 Å². The molecular formula is C9H7BrN2O2. The first-order valence-electron chi connectivity index (χ1n) is 3.72. The molecule has 0 amide bonds. The van der Waals surface area contributed by atoms with Gasteiger partial charge in [0, 0.05) is 11.6 Å². The SMILES string of the molecule is Br.O=C(O)c1ccc2cccnc2n1. The molecule has 5 heteroatoms. The summed E-state index contributed by atoms with van der Waals surface area (Å²) in [6.07, 6.45) is 1.58. The second-order valence-electron chi connectivity index (χ2n) is 2.55. The second kappa shape index (κ2) is 4.15. The fourth-order valence-electron chi connectivity index (χ4n) is 1.07. The molecule has 2 aromatic heterocycles. The van der Waals surface area contributed by atoms with Crippen LogP contribution in [0.4, 0.5) is 0 Å². The molecule has 0 aliphatic rings. The van der Waals surface area contributed by atoms with Crippen LogP contribution in [0.25, 0.3) is 11.0 Å². The molecule has 0 bridgehead atoms. The zero-order valence-electron chi connectivity index (χ0n) is 7.04. The predicted octanol–water partition coefficient (Wildman–Crippen LogP) is 1.91. The number of fused-ring (bicyclic) bond motifs is 1. The number of carboxylic acids is 1. The van der Waals surface area contributed by atoms with Gasteiger partial charge in [-0.25, -0.2) is 14.8 Å². The monoisotopic (exact) mass is 254 g/mol. The smallest absolute Gasteiger partial charge is 0.354 e. The topological polar surface area (TPSA) is 63.1 Å². The van der Waals surface area contributed by atoms with Gasteiger partial charge in [0.25, 0.3) is 0 Å². The Kier molecular flexibility index (Phi) is 3.14. The Morgan fingerprint density at radius 2 is 2.07 bits per heavy atom. The van der Waals surface area contributed by atoms with Crippen molar-refractivity contribution in [1.29, 1.82) is 0 Å². The Labute approximate surface area is 90.4 Å². The van der Waals surface area contributed by atoms with E-state index in [0.717, 1.165) is 5.39 Å². The third kappa shape index (κ3) is 1.88. The van der Waals surface area contributed by atoms with Gasteiger partial charge in [-0.3, -0.25) is 0 Å². The van der Waals surface area contributed by atoms with Gasteiger partial charge in [0.05, 0.1) is 0 Å². The van der Waals surface area contributed by atoms with Crippen LogP contribution >= 0.6 is 17.0 Å². The van der Waals surface area contributed by atoms with Crippen LogP contribution in [0.3, 0.4) is 0 Å². The summed E-state index contributed by atoms with van der Waals surface area (Å²) in [7, 11) is 0. The molecule has 0 unspecified atom stereocenters. The van der Waals surface area contributed by atoms with E-state index in [0.29, 0.717) is 5.65 Å². The molecule has 1 N–H and O–H groups in total. The summed E-state index contributed by atoms with van der Waals surface area (Å²) in [5.74, 6) is -1.03. The molecule has 0 spiro atoms. The molecule has 0 fully saturated rings. The van der Waals surface area contributed by atoms with Crippen LogP contribution < -0.4 is 0 Å². The number of pyridine rings is 2. The van der Waals surface area contributed by atoms with E-state index in [1.807, 2.05) is 6.07 Å². The van der Waals surface area contributed by atoms with Crippen LogP contribution in [0.2, 0.25) is 0 Å². The molecule has 0 aromatic carbocycles. The van der Waals surface area contributed by atoms with Crippen molar-refractivity contribution in [2.45, 2.75) is 0 Å². The van der Waals surface area contributed by atoms with E-state index in [1.54, 1.807) is 18.3 Å². The lowest BCUT2D eigenvalue weighted by atomic mass is 10.2. The summed E-state index contributed by atoms with van der Waals surface area (Å²) in [5.41, 5.74) is 0.480. The van der Waals surface area contributed by atoms with E-state index >= 15 is 0 Å². The number of aromatic nitrogens is 2. The summed E-state index contributed by atoms with van der Waals surface area (Å²) in [4.78, 5) is 18.4. The summed E-state index contributed by atoms with van der Waals surface area (Å²) in [5, 5.41) is 9.49. The lowest BCUT2D eigenvalue weighted by molar-refractivity contribution is 0.0691. The van der Waals surface area contributed by atoms with Gasteiger partial charge >= 0.3 is 5.97 Å². The highest BCUT2D eigenvalue weighted by atomic mass is 79.9. The molecule has 0 saturated heterocycles. The number of aromatic carboxylic acids is 1. The molecule has 0 aliphatic heterocycles. The number of hydrogen-bond donors (Lipinski definition) is 1. The Morgan fingerprint density at radius 1 is 1.29 bits per heavy atom. The standard InChI is InChI=1S/C9H6N2O2.BrH/c12-9(13)7-4-3-6-2-1-5-10-8(6)11-7;/h1-5H,(H,12,13);1H. The maximum Gasteiger partial charge on any atom is 0.354 e. The summed E-state index contributed by atoms with van der Waals surface area (Å²) < 4.78 is 0. The van der Waals surface area contributed by atoms with Crippen LogP contribution in [-0.4, -0.2) is 21.0 Å². The van der Waals surface area contributed by atoms with Gasteiger partial charge in [-0.05, 0) is 24.3 Å². The summed E-state index contributed by atoms with van der Waals surface area (Å²) >= 11 is 0. The number of halogens is 1. The minimum absolute atomic E-state index is 0. The van der Waals surface area contributed by atoms with Crippen LogP contribution in [-0.2, 0) is 0 Å². The van der Waals surface area contributed by atoms with Crippen LogP contribution in [0.1, 0.15) is 10.5 Å². The van der Waals surface area contributed by atoms with Gasteiger partial charge in [0.1, 0.15) is 0 Å². The molecule has 14 heavy (non-hydrogen) atoms. The second-order valence-corrected chi connectivity index (χ2v) is 2.55. The van der Waals surface area contributed by atoms with Crippen molar-refractivity contribution in [3.63, 3.8) is 0 Å². The van der Waals surface area contributed by atoms with Gasteiger partial charge in [-0.2, -0.15) is 0 Å². The maximum atomic E-state index is 10.6. The van der Waals surface area contributed by atoms with E-state index in [-0.39, 0.29) is 22.7 Å².